The highest BCUT2D eigenvalue weighted by molar-refractivity contribution is 6.29. The van der Waals surface area contributed by atoms with Gasteiger partial charge in [-0.2, -0.15) is 0 Å². The Kier molecular flexibility index (Phi) is 5.03. The number of para-hydroxylation sites is 1. The number of carbonyl (C=O) groups excluding carboxylic acids is 1. The number of carbonyl (C=O) groups is 1. The average molecular weight is 318 g/mol. The fourth-order valence-electron chi connectivity index (χ4n) is 2.58. The number of hydrogen-bond donors (Lipinski definition) is 0. The van der Waals surface area contributed by atoms with E-state index in [0.717, 1.165) is 16.8 Å². The molecule has 0 saturated heterocycles. The van der Waals surface area contributed by atoms with Gasteiger partial charge in [-0.15, -0.1) is 11.6 Å². The molecular weight excluding hydrogens is 298 g/mol. The van der Waals surface area contributed by atoms with Crippen LogP contribution >= 0.6 is 11.6 Å². The van der Waals surface area contributed by atoms with E-state index in [1.807, 2.05) is 56.3 Å². The van der Waals surface area contributed by atoms with E-state index in [4.69, 9.17) is 11.6 Å². The first-order valence-electron chi connectivity index (χ1n) is 7.03. The number of nitrogens with zero attached hydrogens (tertiary/aromatic N) is 3. The van der Waals surface area contributed by atoms with Crippen molar-refractivity contribution < 1.29 is 4.79 Å². The molecule has 1 aliphatic rings. The second kappa shape index (κ2) is 6.79. The molecule has 0 N–H and O–H groups in total. The lowest BCUT2D eigenvalue weighted by Crippen LogP contribution is -2.41. The number of amides is 1. The zero-order chi connectivity index (χ0) is 16.3. The van der Waals surface area contributed by atoms with Gasteiger partial charge in [0.15, 0.2) is 6.17 Å². The minimum absolute atomic E-state index is 0.108. The molecule has 2 rings (SSSR count). The highest BCUT2D eigenvalue weighted by atomic mass is 35.5. The van der Waals surface area contributed by atoms with Crippen molar-refractivity contribution in [2.75, 3.05) is 17.8 Å². The van der Waals surface area contributed by atoms with E-state index in [-0.39, 0.29) is 18.0 Å². The number of halogens is 1. The van der Waals surface area contributed by atoms with E-state index in [9.17, 15) is 4.79 Å². The van der Waals surface area contributed by atoms with Crippen molar-refractivity contribution in [2.45, 2.75) is 20.0 Å². The van der Waals surface area contributed by atoms with Crippen LogP contribution in [0.15, 0.2) is 47.7 Å². The van der Waals surface area contributed by atoms with E-state index >= 15 is 0 Å². The topological polar surface area (TPSA) is 35.9 Å². The van der Waals surface area contributed by atoms with Crippen LogP contribution in [0.2, 0.25) is 0 Å². The number of aliphatic imine (C=N–C) groups is 1. The van der Waals surface area contributed by atoms with Gasteiger partial charge in [-0.05, 0) is 31.1 Å². The number of aryl methyl sites for hydroxylation is 2. The number of allylic oxidation sites excluding steroid dienone is 1. The molecular formula is C17H20ClN3O. The van der Waals surface area contributed by atoms with Crippen molar-refractivity contribution in [3.05, 3.63) is 53.9 Å². The lowest BCUT2D eigenvalue weighted by Gasteiger charge is -2.34. The summed E-state index contributed by atoms with van der Waals surface area (Å²) >= 11 is 5.82. The summed E-state index contributed by atoms with van der Waals surface area (Å²) in [5, 5.41) is 0. The monoisotopic (exact) mass is 317 g/mol. The molecule has 4 nitrogen and oxygen atoms in total. The minimum Gasteiger partial charge on any atom is -0.354 e. The summed E-state index contributed by atoms with van der Waals surface area (Å²) in [7, 11) is 1.90. The molecule has 22 heavy (non-hydrogen) atoms. The maximum absolute atomic E-state index is 12.5. The first kappa shape index (κ1) is 16.3. The molecule has 5 heteroatoms. The third-order valence-electron chi connectivity index (χ3n) is 3.63. The number of benzene rings is 1. The Balaban J connectivity index is 2.47. The maximum Gasteiger partial charge on any atom is 0.246 e. The molecule has 0 spiro atoms. The van der Waals surface area contributed by atoms with Crippen molar-refractivity contribution in [1.82, 2.24) is 4.90 Å². The molecule has 0 bridgehead atoms. The summed E-state index contributed by atoms with van der Waals surface area (Å²) in [6, 6.07) is 5.91. The fraction of sp³-hybridized carbons (Fsp3) is 0.294. The highest BCUT2D eigenvalue weighted by Gasteiger charge is 2.28. The minimum atomic E-state index is -0.323. The predicted octanol–water partition coefficient (Wildman–Crippen LogP) is 3.24. The molecule has 0 aromatic heterocycles. The Morgan fingerprint density at radius 3 is 2.59 bits per heavy atom. The number of anilines is 1. The van der Waals surface area contributed by atoms with Crippen LogP contribution in [0, 0.1) is 13.8 Å². The molecule has 0 radical (unpaired) electrons. The van der Waals surface area contributed by atoms with Crippen LogP contribution in [0.25, 0.3) is 0 Å². The normalized spacial score (nSPS) is 16.7. The SMILES string of the molecule is C=C(C1N=CC=CN1C)N(C(=O)CCl)c1c(C)cccc1C. The average Bonchev–Trinajstić information content (AvgIpc) is 2.50. The van der Waals surface area contributed by atoms with E-state index in [1.54, 1.807) is 11.1 Å². The van der Waals surface area contributed by atoms with Gasteiger partial charge in [0.05, 0.1) is 11.4 Å². The zero-order valence-electron chi connectivity index (χ0n) is 13.1. The summed E-state index contributed by atoms with van der Waals surface area (Å²) < 4.78 is 0. The summed E-state index contributed by atoms with van der Waals surface area (Å²) in [5.41, 5.74) is 3.41. The molecule has 116 valence electrons. The highest BCUT2D eigenvalue weighted by Crippen LogP contribution is 2.30. The van der Waals surface area contributed by atoms with Crippen LogP contribution in [0.4, 0.5) is 5.69 Å². The van der Waals surface area contributed by atoms with Gasteiger partial charge in [0.25, 0.3) is 0 Å². The Labute approximate surface area is 136 Å². The zero-order valence-corrected chi connectivity index (χ0v) is 13.8. The number of hydrogen-bond acceptors (Lipinski definition) is 3. The molecule has 1 aromatic carbocycles. The quantitative estimate of drug-likeness (QED) is 0.799. The van der Waals surface area contributed by atoms with Gasteiger partial charge >= 0.3 is 0 Å². The molecule has 1 atom stereocenters. The van der Waals surface area contributed by atoms with Crippen LogP contribution in [0.3, 0.4) is 0 Å². The number of alkyl halides is 1. The van der Waals surface area contributed by atoms with Gasteiger partial charge < -0.3 is 4.90 Å². The number of rotatable bonds is 4. The second-order valence-electron chi connectivity index (χ2n) is 5.27. The molecule has 0 aliphatic carbocycles. The lowest BCUT2D eigenvalue weighted by atomic mass is 10.1. The summed E-state index contributed by atoms with van der Waals surface area (Å²) in [4.78, 5) is 20.4. The van der Waals surface area contributed by atoms with E-state index in [0.29, 0.717) is 5.70 Å². The summed E-state index contributed by atoms with van der Waals surface area (Å²) in [6.07, 6.45) is 5.13. The Morgan fingerprint density at radius 1 is 1.41 bits per heavy atom. The van der Waals surface area contributed by atoms with Crippen LogP contribution in [-0.4, -0.2) is 36.1 Å². The Hall–Kier alpha value is -2.07. The largest absolute Gasteiger partial charge is 0.354 e. The molecule has 1 aromatic rings. The third kappa shape index (κ3) is 3.07. The van der Waals surface area contributed by atoms with Crippen molar-refractivity contribution in [3.8, 4) is 0 Å². The standard InChI is InChI=1S/C17H20ClN3O/c1-12-7-5-8-13(2)16(12)21(15(22)11-18)14(3)17-19-9-6-10-20(17)4/h5-10,17H,3,11H2,1-2,4H3. The van der Waals surface area contributed by atoms with Crippen LogP contribution < -0.4 is 4.90 Å². The Morgan fingerprint density at radius 2 is 2.05 bits per heavy atom. The smallest absolute Gasteiger partial charge is 0.246 e. The first-order valence-corrected chi connectivity index (χ1v) is 7.56. The summed E-state index contributed by atoms with van der Waals surface area (Å²) in [6.45, 7) is 8.05. The van der Waals surface area contributed by atoms with Crippen molar-refractivity contribution in [3.63, 3.8) is 0 Å². The van der Waals surface area contributed by atoms with Gasteiger partial charge in [0, 0.05) is 19.5 Å². The maximum atomic E-state index is 12.5. The van der Waals surface area contributed by atoms with Crippen molar-refractivity contribution in [1.29, 1.82) is 0 Å². The molecule has 0 fully saturated rings. The van der Waals surface area contributed by atoms with Gasteiger partial charge in [-0.3, -0.25) is 14.7 Å². The first-order chi connectivity index (χ1) is 10.5. The van der Waals surface area contributed by atoms with Gasteiger partial charge in [0.2, 0.25) is 5.91 Å². The van der Waals surface area contributed by atoms with Crippen molar-refractivity contribution >= 4 is 29.4 Å². The Bertz CT molecular complexity index is 631. The van der Waals surface area contributed by atoms with Crippen LogP contribution in [0.1, 0.15) is 11.1 Å². The van der Waals surface area contributed by atoms with E-state index < -0.39 is 0 Å². The molecule has 1 amide bonds. The van der Waals surface area contributed by atoms with Crippen LogP contribution in [-0.2, 0) is 4.79 Å². The predicted molar refractivity (Wildman–Crippen MR) is 92.4 cm³/mol. The second-order valence-corrected chi connectivity index (χ2v) is 5.54. The summed E-state index contributed by atoms with van der Waals surface area (Å²) in [5.74, 6) is -0.315. The molecule has 1 heterocycles. The van der Waals surface area contributed by atoms with Crippen molar-refractivity contribution in [2.24, 2.45) is 4.99 Å². The van der Waals surface area contributed by atoms with Gasteiger partial charge in [-0.25, -0.2) is 0 Å². The van der Waals surface area contributed by atoms with E-state index in [2.05, 4.69) is 11.6 Å². The van der Waals surface area contributed by atoms with E-state index in [1.165, 1.54) is 0 Å². The van der Waals surface area contributed by atoms with Crippen LogP contribution in [0.5, 0.6) is 0 Å². The molecule has 0 saturated carbocycles. The third-order valence-corrected chi connectivity index (χ3v) is 3.86. The molecule has 1 aliphatic heterocycles. The molecule has 1 unspecified atom stereocenters. The number of likely N-dealkylation sites (N-methyl/N-ethyl adjacent to an activating group) is 1. The van der Waals surface area contributed by atoms with Gasteiger partial charge in [0.1, 0.15) is 5.88 Å². The lowest BCUT2D eigenvalue weighted by molar-refractivity contribution is -0.116. The van der Waals surface area contributed by atoms with Gasteiger partial charge in [-0.1, -0.05) is 24.8 Å². The fourth-order valence-corrected chi connectivity index (χ4v) is 2.69.